The van der Waals surface area contributed by atoms with Gasteiger partial charge in [0.2, 0.25) is 0 Å². The maximum absolute atomic E-state index is 14.9. The third-order valence-corrected chi connectivity index (χ3v) is 4.76. The minimum absolute atomic E-state index is 0.0629. The van der Waals surface area contributed by atoms with Crippen molar-refractivity contribution in [2.24, 2.45) is 0 Å². The van der Waals surface area contributed by atoms with Gasteiger partial charge in [-0.2, -0.15) is 8.78 Å². The number of fused-ring (bicyclic) bond motifs is 1. The predicted octanol–water partition coefficient (Wildman–Crippen LogP) is 7.10. The molecule has 0 N–H and O–H groups in total. The van der Waals surface area contributed by atoms with Gasteiger partial charge in [0, 0.05) is 10.9 Å². The second-order valence-electron chi connectivity index (χ2n) is 6.95. The normalized spacial score (nSPS) is 10.8. The molecule has 4 heteroatoms. The van der Waals surface area contributed by atoms with Crippen LogP contribution in [-0.2, 0) is 6.42 Å². The molecule has 3 aromatic carbocycles. The van der Waals surface area contributed by atoms with Crippen molar-refractivity contribution in [3.05, 3.63) is 77.1 Å². The maximum atomic E-state index is 14.9. The third kappa shape index (κ3) is 5.77. The molecule has 0 radical (unpaired) electrons. The van der Waals surface area contributed by atoms with Crippen molar-refractivity contribution in [2.75, 3.05) is 0 Å². The number of ether oxygens (including phenoxy) is 1. The molecule has 0 aliphatic heterocycles. The van der Waals surface area contributed by atoms with Gasteiger partial charge in [0.1, 0.15) is 11.6 Å². The topological polar surface area (TPSA) is 9.23 Å². The number of hydrogen-bond acceptors (Lipinski definition) is 1. The number of hydrogen-bond donors (Lipinski definition) is 0. The van der Waals surface area contributed by atoms with E-state index in [0.717, 1.165) is 18.2 Å². The summed E-state index contributed by atoms with van der Waals surface area (Å²) in [5.74, 6) is 5.42. The SMILES string of the molecule is CCCCCCc1ccc2c(F)c(C#Cc3ccc(OC(F)F)cc3)ccc2c1. The van der Waals surface area contributed by atoms with Crippen molar-refractivity contribution in [1.82, 2.24) is 0 Å². The van der Waals surface area contributed by atoms with E-state index in [2.05, 4.69) is 23.5 Å². The molecule has 0 heterocycles. The van der Waals surface area contributed by atoms with Gasteiger partial charge in [0.15, 0.2) is 0 Å². The van der Waals surface area contributed by atoms with E-state index in [1.54, 1.807) is 18.2 Å². The molecule has 150 valence electrons. The Balaban J connectivity index is 1.75. The fourth-order valence-corrected chi connectivity index (χ4v) is 3.21. The molecule has 3 rings (SSSR count). The van der Waals surface area contributed by atoms with Crippen LogP contribution in [0.4, 0.5) is 13.2 Å². The lowest BCUT2D eigenvalue weighted by Crippen LogP contribution is -2.01. The molecule has 0 saturated carbocycles. The zero-order valence-corrected chi connectivity index (χ0v) is 16.4. The molecule has 29 heavy (non-hydrogen) atoms. The quantitative estimate of drug-likeness (QED) is 0.306. The summed E-state index contributed by atoms with van der Waals surface area (Å²) in [7, 11) is 0. The molecule has 0 spiro atoms. The van der Waals surface area contributed by atoms with Crippen LogP contribution in [0.1, 0.15) is 49.3 Å². The fourth-order valence-electron chi connectivity index (χ4n) is 3.21. The number of alkyl halides is 2. The number of halogens is 3. The predicted molar refractivity (Wildman–Crippen MR) is 111 cm³/mol. The highest BCUT2D eigenvalue weighted by Gasteiger charge is 2.07. The van der Waals surface area contributed by atoms with Crippen LogP contribution in [0.2, 0.25) is 0 Å². The van der Waals surface area contributed by atoms with E-state index in [-0.39, 0.29) is 11.6 Å². The van der Waals surface area contributed by atoms with Gasteiger partial charge < -0.3 is 4.74 Å². The van der Waals surface area contributed by atoms with E-state index in [0.29, 0.717) is 16.5 Å². The smallest absolute Gasteiger partial charge is 0.387 e. The molecule has 0 saturated heterocycles. The summed E-state index contributed by atoms with van der Waals surface area (Å²) in [6.45, 7) is -0.675. The van der Waals surface area contributed by atoms with E-state index in [1.807, 2.05) is 24.3 Å². The highest BCUT2D eigenvalue weighted by molar-refractivity contribution is 5.85. The Hall–Kier alpha value is -2.93. The summed E-state index contributed by atoms with van der Waals surface area (Å²) >= 11 is 0. The number of benzene rings is 3. The van der Waals surface area contributed by atoms with E-state index in [9.17, 15) is 13.2 Å². The first-order valence-electron chi connectivity index (χ1n) is 9.85. The molecule has 3 aromatic rings. The molecule has 1 nitrogen and oxygen atoms in total. The molecule has 0 fully saturated rings. The summed E-state index contributed by atoms with van der Waals surface area (Å²) < 4.78 is 43.5. The lowest BCUT2D eigenvalue weighted by Gasteiger charge is -2.06. The van der Waals surface area contributed by atoms with Crippen LogP contribution >= 0.6 is 0 Å². The van der Waals surface area contributed by atoms with Crippen molar-refractivity contribution in [1.29, 1.82) is 0 Å². The molecule has 0 bridgehead atoms. The molecule has 0 aliphatic carbocycles. The van der Waals surface area contributed by atoms with Gasteiger partial charge in [-0.3, -0.25) is 0 Å². The lowest BCUT2D eigenvalue weighted by molar-refractivity contribution is -0.0498. The first-order valence-corrected chi connectivity index (χ1v) is 9.85. The number of aryl methyl sites for hydroxylation is 1. The number of rotatable bonds is 7. The second kappa shape index (κ2) is 10.0. The minimum Gasteiger partial charge on any atom is -0.435 e. The number of unbranched alkanes of at least 4 members (excludes halogenated alkanes) is 3. The molecule has 0 unspecified atom stereocenters. The summed E-state index contributed by atoms with van der Waals surface area (Å²) in [6, 6.07) is 15.4. The van der Waals surface area contributed by atoms with Crippen LogP contribution in [0.3, 0.4) is 0 Å². The van der Waals surface area contributed by atoms with Crippen molar-refractivity contribution in [2.45, 2.75) is 45.6 Å². The fraction of sp³-hybridized carbons (Fsp3) is 0.280. The van der Waals surface area contributed by atoms with E-state index in [4.69, 9.17) is 0 Å². The Bertz CT molecular complexity index is 1010. The zero-order valence-electron chi connectivity index (χ0n) is 16.4. The van der Waals surface area contributed by atoms with Crippen LogP contribution in [0, 0.1) is 17.7 Å². The van der Waals surface area contributed by atoms with Crippen LogP contribution in [0.15, 0.2) is 54.6 Å². The summed E-state index contributed by atoms with van der Waals surface area (Å²) in [4.78, 5) is 0. The molecular weight excluding hydrogens is 373 g/mol. The van der Waals surface area contributed by atoms with Gasteiger partial charge in [0.05, 0.1) is 5.56 Å². The van der Waals surface area contributed by atoms with Crippen LogP contribution < -0.4 is 4.74 Å². The van der Waals surface area contributed by atoms with Crippen molar-refractivity contribution < 1.29 is 17.9 Å². The highest BCUT2D eigenvalue weighted by atomic mass is 19.3. The first kappa shape index (κ1) is 20.8. The van der Waals surface area contributed by atoms with Gasteiger partial charge in [-0.25, -0.2) is 4.39 Å². The van der Waals surface area contributed by atoms with E-state index in [1.165, 1.54) is 37.0 Å². The Labute approximate surface area is 169 Å². The van der Waals surface area contributed by atoms with Gasteiger partial charge in [-0.15, -0.1) is 0 Å². The standard InChI is InChI=1S/C25H23F3O/c1-2-3-4-5-6-19-10-16-23-21(17-19)13-12-20(24(23)26)11-7-18-8-14-22(15-9-18)29-25(27)28/h8-10,12-17,25H,2-6H2,1H3. The summed E-state index contributed by atoms with van der Waals surface area (Å²) in [5.41, 5.74) is 2.12. The van der Waals surface area contributed by atoms with Gasteiger partial charge in [-0.05, 0) is 54.1 Å². The molecule has 0 amide bonds. The molecule has 0 aromatic heterocycles. The molecular formula is C25H23F3O. The summed E-state index contributed by atoms with van der Waals surface area (Å²) in [5, 5.41) is 1.42. The van der Waals surface area contributed by atoms with Gasteiger partial charge in [0.25, 0.3) is 0 Å². The summed E-state index contributed by atoms with van der Waals surface area (Å²) in [6.07, 6.45) is 5.82. The lowest BCUT2D eigenvalue weighted by atomic mass is 10.00. The Kier molecular flexibility index (Phi) is 7.19. The minimum atomic E-state index is -2.87. The average molecular weight is 396 g/mol. The van der Waals surface area contributed by atoms with Gasteiger partial charge >= 0.3 is 6.61 Å². The van der Waals surface area contributed by atoms with E-state index < -0.39 is 6.61 Å². The van der Waals surface area contributed by atoms with Crippen molar-refractivity contribution >= 4 is 10.8 Å². The Morgan fingerprint density at radius 3 is 2.41 bits per heavy atom. The Morgan fingerprint density at radius 2 is 1.69 bits per heavy atom. The Morgan fingerprint density at radius 1 is 0.897 bits per heavy atom. The van der Waals surface area contributed by atoms with Crippen LogP contribution in [0.5, 0.6) is 5.75 Å². The average Bonchev–Trinajstić information content (AvgIpc) is 2.71. The van der Waals surface area contributed by atoms with Crippen molar-refractivity contribution in [3.63, 3.8) is 0 Å². The maximum Gasteiger partial charge on any atom is 0.387 e. The zero-order chi connectivity index (χ0) is 20.6. The largest absolute Gasteiger partial charge is 0.435 e. The monoisotopic (exact) mass is 396 g/mol. The van der Waals surface area contributed by atoms with E-state index >= 15 is 0 Å². The second-order valence-corrected chi connectivity index (χ2v) is 6.95. The molecule has 0 aliphatic rings. The van der Waals surface area contributed by atoms with Crippen molar-refractivity contribution in [3.8, 4) is 17.6 Å². The van der Waals surface area contributed by atoms with Gasteiger partial charge in [-0.1, -0.05) is 62.3 Å². The third-order valence-electron chi connectivity index (χ3n) is 4.76. The first-order chi connectivity index (χ1) is 14.1. The van der Waals surface area contributed by atoms with Crippen LogP contribution in [0.25, 0.3) is 10.8 Å². The van der Waals surface area contributed by atoms with Crippen LogP contribution in [-0.4, -0.2) is 6.61 Å². The highest BCUT2D eigenvalue weighted by Crippen LogP contribution is 2.23. The molecule has 0 atom stereocenters.